The van der Waals surface area contributed by atoms with E-state index in [4.69, 9.17) is 9.26 Å². The molecule has 2 aromatic carbocycles. The van der Waals surface area contributed by atoms with Crippen molar-refractivity contribution in [2.24, 2.45) is 0 Å². The van der Waals surface area contributed by atoms with Crippen LogP contribution in [0.15, 0.2) is 59.1 Å². The first-order chi connectivity index (χ1) is 14.6. The first kappa shape index (κ1) is 19.3. The summed E-state index contributed by atoms with van der Waals surface area (Å²) in [6.45, 7) is 0.182. The molecule has 0 unspecified atom stereocenters. The molecule has 0 spiro atoms. The van der Waals surface area contributed by atoms with Crippen molar-refractivity contribution >= 4 is 17.7 Å². The quantitative estimate of drug-likeness (QED) is 0.569. The molecule has 0 aliphatic carbocycles. The van der Waals surface area contributed by atoms with E-state index < -0.39 is 0 Å². The van der Waals surface area contributed by atoms with Crippen LogP contribution in [0.1, 0.15) is 38.9 Å². The molecule has 30 heavy (non-hydrogen) atoms. The van der Waals surface area contributed by atoms with Crippen LogP contribution in [0.5, 0.6) is 5.75 Å². The van der Waals surface area contributed by atoms with Gasteiger partial charge in [0.15, 0.2) is 12.4 Å². The number of benzene rings is 2. The standard InChI is InChI=1S/C21H18N4O5/c26-18(10-11-25-20(27)15-8-4-5-9-16(15)21(25)28)22-12-17-23-19(30-24-17)13-29-14-6-2-1-3-7-14/h1-9H,10-13H2,(H,22,26). The number of fused-ring (bicyclic) bond motifs is 1. The van der Waals surface area contributed by atoms with Gasteiger partial charge in [-0.15, -0.1) is 0 Å². The lowest BCUT2D eigenvalue weighted by Gasteiger charge is -2.13. The van der Waals surface area contributed by atoms with Crippen LogP contribution in [0.25, 0.3) is 0 Å². The minimum Gasteiger partial charge on any atom is -0.484 e. The third-order valence-electron chi connectivity index (χ3n) is 4.50. The lowest BCUT2D eigenvalue weighted by molar-refractivity contribution is -0.121. The van der Waals surface area contributed by atoms with Crippen LogP contribution in [-0.4, -0.2) is 39.3 Å². The third kappa shape index (κ3) is 4.19. The number of rotatable bonds is 8. The number of carbonyl (C=O) groups excluding carboxylic acids is 3. The SMILES string of the molecule is O=C(CCN1C(=O)c2ccccc2C1=O)NCc1noc(COc2ccccc2)n1. The predicted molar refractivity (Wildman–Crippen MR) is 103 cm³/mol. The molecule has 9 nitrogen and oxygen atoms in total. The number of imide groups is 1. The van der Waals surface area contributed by atoms with Crippen molar-refractivity contribution in [1.82, 2.24) is 20.4 Å². The van der Waals surface area contributed by atoms with E-state index in [0.717, 1.165) is 4.90 Å². The van der Waals surface area contributed by atoms with Gasteiger partial charge in [-0.25, -0.2) is 0 Å². The first-order valence-electron chi connectivity index (χ1n) is 9.33. The zero-order valence-electron chi connectivity index (χ0n) is 15.9. The van der Waals surface area contributed by atoms with Gasteiger partial charge in [-0.3, -0.25) is 19.3 Å². The molecule has 0 radical (unpaired) electrons. The van der Waals surface area contributed by atoms with Gasteiger partial charge in [0.05, 0.1) is 17.7 Å². The van der Waals surface area contributed by atoms with Crippen molar-refractivity contribution in [3.8, 4) is 5.75 Å². The van der Waals surface area contributed by atoms with Crippen LogP contribution < -0.4 is 10.1 Å². The largest absolute Gasteiger partial charge is 0.484 e. The van der Waals surface area contributed by atoms with E-state index in [0.29, 0.717) is 22.7 Å². The van der Waals surface area contributed by atoms with Crippen molar-refractivity contribution in [2.75, 3.05) is 6.54 Å². The molecule has 3 amide bonds. The molecule has 0 saturated heterocycles. The smallest absolute Gasteiger partial charge is 0.264 e. The molecule has 3 aromatic rings. The molecule has 2 heterocycles. The lowest BCUT2D eigenvalue weighted by atomic mass is 10.1. The van der Waals surface area contributed by atoms with Crippen molar-refractivity contribution < 1.29 is 23.6 Å². The van der Waals surface area contributed by atoms with E-state index >= 15 is 0 Å². The van der Waals surface area contributed by atoms with E-state index in [-0.39, 0.29) is 49.7 Å². The number of hydrogen-bond acceptors (Lipinski definition) is 7. The van der Waals surface area contributed by atoms with Crippen molar-refractivity contribution in [2.45, 2.75) is 19.6 Å². The number of nitrogens with one attached hydrogen (secondary N) is 1. The topological polar surface area (TPSA) is 115 Å². The fraction of sp³-hybridized carbons (Fsp3) is 0.190. The maximum absolute atomic E-state index is 12.3. The molecule has 4 rings (SSSR count). The number of para-hydroxylation sites is 1. The van der Waals surface area contributed by atoms with Gasteiger partial charge in [-0.1, -0.05) is 35.5 Å². The fourth-order valence-electron chi connectivity index (χ4n) is 3.00. The highest BCUT2D eigenvalue weighted by Gasteiger charge is 2.34. The maximum atomic E-state index is 12.3. The van der Waals surface area contributed by atoms with E-state index in [1.165, 1.54) is 0 Å². The van der Waals surface area contributed by atoms with Gasteiger partial charge in [0.2, 0.25) is 5.91 Å². The molecule has 1 aliphatic rings. The molecule has 1 N–H and O–H groups in total. The normalized spacial score (nSPS) is 12.7. The Morgan fingerprint density at radius 1 is 1.00 bits per heavy atom. The third-order valence-corrected chi connectivity index (χ3v) is 4.50. The van der Waals surface area contributed by atoms with Gasteiger partial charge in [0, 0.05) is 13.0 Å². The second-order valence-electron chi connectivity index (χ2n) is 6.54. The Hall–Kier alpha value is -4.01. The van der Waals surface area contributed by atoms with Gasteiger partial charge in [0.1, 0.15) is 5.75 Å². The van der Waals surface area contributed by atoms with Gasteiger partial charge in [-0.05, 0) is 24.3 Å². The van der Waals surface area contributed by atoms with Crippen LogP contribution in [0.3, 0.4) is 0 Å². The Balaban J connectivity index is 1.23. The Labute approximate surface area is 171 Å². The summed E-state index contributed by atoms with van der Waals surface area (Å²) < 4.78 is 10.6. The molecule has 1 aliphatic heterocycles. The summed E-state index contributed by atoms with van der Waals surface area (Å²) in [6, 6.07) is 15.8. The monoisotopic (exact) mass is 406 g/mol. The molecule has 1 aromatic heterocycles. The van der Waals surface area contributed by atoms with Gasteiger partial charge < -0.3 is 14.6 Å². The lowest BCUT2D eigenvalue weighted by Crippen LogP contribution is -2.34. The highest BCUT2D eigenvalue weighted by atomic mass is 16.5. The number of aromatic nitrogens is 2. The van der Waals surface area contributed by atoms with Crippen LogP contribution in [0.4, 0.5) is 0 Å². The summed E-state index contributed by atoms with van der Waals surface area (Å²) in [4.78, 5) is 41.9. The first-order valence-corrected chi connectivity index (χ1v) is 9.33. The maximum Gasteiger partial charge on any atom is 0.264 e. The summed E-state index contributed by atoms with van der Waals surface area (Å²) in [5.74, 6) is 0.163. The average molecular weight is 406 g/mol. The van der Waals surface area contributed by atoms with E-state index in [9.17, 15) is 14.4 Å². The average Bonchev–Trinajstić information content (AvgIpc) is 3.33. The zero-order chi connectivity index (χ0) is 20.9. The fourth-order valence-corrected chi connectivity index (χ4v) is 3.00. The number of hydrogen-bond donors (Lipinski definition) is 1. The summed E-state index contributed by atoms with van der Waals surface area (Å²) >= 11 is 0. The molecule has 152 valence electrons. The van der Waals surface area contributed by atoms with Gasteiger partial charge in [-0.2, -0.15) is 4.98 Å². The molecular formula is C21H18N4O5. The Bertz CT molecular complexity index is 1040. The number of carbonyl (C=O) groups is 3. The summed E-state index contributed by atoms with van der Waals surface area (Å²) in [7, 11) is 0. The van der Waals surface area contributed by atoms with Crippen molar-refractivity contribution in [3.05, 3.63) is 77.4 Å². The highest BCUT2D eigenvalue weighted by molar-refractivity contribution is 6.21. The summed E-state index contributed by atoms with van der Waals surface area (Å²) in [6.07, 6.45) is -0.0205. The molecule has 0 bridgehead atoms. The summed E-state index contributed by atoms with van der Waals surface area (Å²) in [5, 5.41) is 6.44. The number of nitrogens with zero attached hydrogens (tertiary/aromatic N) is 3. The molecule has 0 atom stereocenters. The minimum atomic E-state index is -0.385. The zero-order valence-corrected chi connectivity index (χ0v) is 15.9. The Morgan fingerprint density at radius 3 is 2.37 bits per heavy atom. The molecule has 9 heteroatoms. The number of ether oxygens (including phenoxy) is 1. The molecule has 0 fully saturated rings. The van der Waals surface area contributed by atoms with E-state index in [1.807, 2.05) is 30.3 Å². The van der Waals surface area contributed by atoms with Crippen molar-refractivity contribution in [3.63, 3.8) is 0 Å². The second-order valence-corrected chi connectivity index (χ2v) is 6.54. The van der Waals surface area contributed by atoms with Crippen molar-refractivity contribution in [1.29, 1.82) is 0 Å². The van der Waals surface area contributed by atoms with E-state index in [1.54, 1.807) is 24.3 Å². The Morgan fingerprint density at radius 2 is 1.67 bits per heavy atom. The Kier molecular flexibility index (Phi) is 5.51. The van der Waals surface area contributed by atoms with Crippen LogP contribution in [-0.2, 0) is 17.9 Å². The van der Waals surface area contributed by atoms with Gasteiger partial charge in [0.25, 0.3) is 17.7 Å². The predicted octanol–water partition coefficient (Wildman–Crippen LogP) is 1.95. The van der Waals surface area contributed by atoms with Crippen LogP contribution >= 0.6 is 0 Å². The molecular weight excluding hydrogens is 388 g/mol. The summed E-state index contributed by atoms with van der Waals surface area (Å²) in [5.41, 5.74) is 0.722. The minimum absolute atomic E-state index is 0.000585. The van der Waals surface area contributed by atoms with Gasteiger partial charge >= 0.3 is 0 Å². The number of amides is 3. The second kappa shape index (κ2) is 8.56. The van der Waals surface area contributed by atoms with Crippen LogP contribution in [0, 0.1) is 0 Å². The molecule has 0 saturated carbocycles. The van der Waals surface area contributed by atoms with Crippen LogP contribution in [0.2, 0.25) is 0 Å². The van der Waals surface area contributed by atoms with E-state index in [2.05, 4.69) is 15.5 Å². The highest BCUT2D eigenvalue weighted by Crippen LogP contribution is 2.22.